The first kappa shape index (κ1) is 7.73. The van der Waals surface area contributed by atoms with Crippen molar-refractivity contribution in [3.63, 3.8) is 0 Å². The van der Waals surface area contributed by atoms with Crippen LogP contribution in [0.2, 0.25) is 0 Å². The summed E-state index contributed by atoms with van der Waals surface area (Å²) in [6.45, 7) is 1.86. The molecule has 2 heteroatoms. The number of aliphatic hydroxyl groups excluding tert-OH is 1. The van der Waals surface area contributed by atoms with Crippen LogP contribution in [-0.4, -0.2) is 16.9 Å². The monoisotopic (exact) mass is 141 g/mol. The van der Waals surface area contributed by atoms with Gasteiger partial charge in [0.25, 0.3) is 0 Å². The number of rotatable bonds is 1. The van der Waals surface area contributed by atoms with Crippen molar-refractivity contribution < 1.29 is 5.11 Å². The molecule has 58 valence electrons. The molecule has 0 atom stereocenters. The normalized spacial score (nSPS) is 33.8. The third-order valence-corrected chi connectivity index (χ3v) is 2.31. The van der Waals surface area contributed by atoms with Crippen molar-refractivity contribution in [3.05, 3.63) is 0 Å². The maximum Gasteiger partial charge on any atom is 0.0540 e. The van der Waals surface area contributed by atoms with Crippen LogP contribution in [0, 0.1) is 11.3 Å². The fraction of sp³-hybridized carbons (Fsp3) is 0.875. The molecule has 2 N–H and O–H groups in total. The Hall–Kier alpha value is -0.370. The average Bonchev–Trinajstić information content (AvgIpc) is 1.88. The third kappa shape index (κ3) is 1.81. The van der Waals surface area contributed by atoms with E-state index in [0.29, 0.717) is 5.92 Å². The van der Waals surface area contributed by atoms with Crippen LogP contribution in [0.3, 0.4) is 0 Å². The van der Waals surface area contributed by atoms with E-state index in [1.165, 1.54) is 0 Å². The lowest BCUT2D eigenvalue weighted by Crippen LogP contribution is -2.22. The molecule has 0 amide bonds. The summed E-state index contributed by atoms with van der Waals surface area (Å²) in [4.78, 5) is 0. The number of nitrogens with one attached hydrogen (secondary N) is 1. The van der Waals surface area contributed by atoms with Crippen LogP contribution in [0.5, 0.6) is 0 Å². The summed E-state index contributed by atoms with van der Waals surface area (Å²) in [7, 11) is 0. The Kier molecular flexibility index (Phi) is 2.44. The topological polar surface area (TPSA) is 44.1 Å². The Morgan fingerprint density at radius 1 is 1.30 bits per heavy atom. The molecule has 1 fully saturated rings. The summed E-state index contributed by atoms with van der Waals surface area (Å²) in [5.74, 6) is 0.461. The third-order valence-electron chi connectivity index (χ3n) is 2.31. The van der Waals surface area contributed by atoms with Gasteiger partial charge >= 0.3 is 0 Å². The Morgan fingerprint density at radius 2 is 1.80 bits per heavy atom. The summed E-state index contributed by atoms with van der Waals surface area (Å²) < 4.78 is 0. The fourth-order valence-electron chi connectivity index (χ4n) is 1.51. The molecule has 0 saturated heterocycles. The van der Waals surface area contributed by atoms with Gasteiger partial charge in [-0.1, -0.05) is 0 Å². The standard InChI is InChI=1S/C8H15NO/c1-6(9)7-2-4-8(10)5-3-7/h7-10H,2-5H2,1H3. The summed E-state index contributed by atoms with van der Waals surface area (Å²) in [6, 6.07) is 0. The van der Waals surface area contributed by atoms with Crippen molar-refractivity contribution in [3.8, 4) is 0 Å². The maximum absolute atomic E-state index is 9.14. The zero-order valence-corrected chi connectivity index (χ0v) is 6.43. The summed E-state index contributed by atoms with van der Waals surface area (Å²) in [5, 5.41) is 16.5. The van der Waals surface area contributed by atoms with Gasteiger partial charge in [0.2, 0.25) is 0 Å². The highest BCUT2D eigenvalue weighted by Gasteiger charge is 2.19. The van der Waals surface area contributed by atoms with Crippen LogP contribution in [0.25, 0.3) is 0 Å². The lowest BCUT2D eigenvalue weighted by molar-refractivity contribution is 0.121. The fourth-order valence-corrected chi connectivity index (χ4v) is 1.51. The highest BCUT2D eigenvalue weighted by atomic mass is 16.3. The van der Waals surface area contributed by atoms with Crippen LogP contribution in [0.4, 0.5) is 0 Å². The second-order valence-electron chi connectivity index (χ2n) is 3.19. The van der Waals surface area contributed by atoms with Crippen LogP contribution < -0.4 is 0 Å². The number of hydrogen-bond acceptors (Lipinski definition) is 2. The molecule has 0 aliphatic heterocycles. The van der Waals surface area contributed by atoms with Gasteiger partial charge in [0.15, 0.2) is 0 Å². The maximum atomic E-state index is 9.14. The Labute approximate surface area is 61.8 Å². The van der Waals surface area contributed by atoms with Crippen molar-refractivity contribution in [2.24, 2.45) is 5.92 Å². The van der Waals surface area contributed by atoms with E-state index in [2.05, 4.69) is 0 Å². The van der Waals surface area contributed by atoms with Crippen molar-refractivity contribution in [1.29, 1.82) is 5.41 Å². The average molecular weight is 141 g/mol. The molecule has 1 saturated carbocycles. The minimum Gasteiger partial charge on any atom is -0.393 e. The number of aliphatic hydroxyl groups is 1. The van der Waals surface area contributed by atoms with E-state index < -0.39 is 0 Å². The highest BCUT2D eigenvalue weighted by Crippen LogP contribution is 2.24. The molecule has 2 nitrogen and oxygen atoms in total. The van der Waals surface area contributed by atoms with Gasteiger partial charge in [-0.05, 0) is 38.5 Å². The minimum atomic E-state index is -0.0874. The zero-order valence-electron chi connectivity index (χ0n) is 6.43. The molecule has 0 bridgehead atoms. The van der Waals surface area contributed by atoms with E-state index in [0.717, 1.165) is 31.4 Å². The van der Waals surface area contributed by atoms with Crippen LogP contribution >= 0.6 is 0 Å². The second kappa shape index (κ2) is 3.15. The Morgan fingerprint density at radius 3 is 2.20 bits per heavy atom. The van der Waals surface area contributed by atoms with Gasteiger partial charge in [0.1, 0.15) is 0 Å². The largest absolute Gasteiger partial charge is 0.393 e. The van der Waals surface area contributed by atoms with E-state index in [1.807, 2.05) is 6.92 Å². The molecular weight excluding hydrogens is 126 g/mol. The molecule has 0 aromatic rings. The van der Waals surface area contributed by atoms with Gasteiger partial charge in [-0.25, -0.2) is 0 Å². The van der Waals surface area contributed by atoms with Gasteiger partial charge < -0.3 is 10.5 Å². The molecule has 1 rings (SSSR count). The number of hydrogen-bond donors (Lipinski definition) is 2. The van der Waals surface area contributed by atoms with Crippen molar-refractivity contribution >= 4 is 5.71 Å². The first-order chi connectivity index (χ1) is 4.70. The van der Waals surface area contributed by atoms with E-state index >= 15 is 0 Å². The molecule has 1 aliphatic rings. The van der Waals surface area contributed by atoms with Gasteiger partial charge in [-0.3, -0.25) is 0 Å². The van der Waals surface area contributed by atoms with E-state index in [-0.39, 0.29) is 6.10 Å². The predicted octanol–water partition coefficient (Wildman–Crippen LogP) is 1.58. The SMILES string of the molecule is CC(=N)C1CCC(O)CC1. The van der Waals surface area contributed by atoms with Gasteiger partial charge in [0.05, 0.1) is 6.10 Å². The molecule has 0 radical (unpaired) electrons. The van der Waals surface area contributed by atoms with Gasteiger partial charge in [-0.2, -0.15) is 0 Å². The van der Waals surface area contributed by atoms with E-state index in [4.69, 9.17) is 10.5 Å². The van der Waals surface area contributed by atoms with Crippen LogP contribution in [0.15, 0.2) is 0 Å². The highest BCUT2D eigenvalue weighted by molar-refractivity contribution is 5.81. The summed E-state index contributed by atoms with van der Waals surface area (Å²) in [5.41, 5.74) is 0.784. The molecule has 0 spiro atoms. The van der Waals surface area contributed by atoms with Crippen molar-refractivity contribution in [1.82, 2.24) is 0 Å². The molecule has 0 aromatic carbocycles. The van der Waals surface area contributed by atoms with Crippen molar-refractivity contribution in [2.75, 3.05) is 0 Å². The first-order valence-electron chi connectivity index (χ1n) is 3.93. The Balaban J connectivity index is 2.33. The lowest BCUT2D eigenvalue weighted by atomic mass is 9.85. The van der Waals surface area contributed by atoms with Crippen LogP contribution in [-0.2, 0) is 0 Å². The second-order valence-corrected chi connectivity index (χ2v) is 3.19. The zero-order chi connectivity index (χ0) is 7.56. The summed E-state index contributed by atoms with van der Waals surface area (Å²) in [6.07, 6.45) is 3.71. The first-order valence-corrected chi connectivity index (χ1v) is 3.93. The van der Waals surface area contributed by atoms with Crippen LogP contribution in [0.1, 0.15) is 32.6 Å². The molecule has 0 heterocycles. The Bertz CT molecular complexity index is 125. The quantitative estimate of drug-likeness (QED) is 0.535. The molecule has 0 unspecified atom stereocenters. The predicted molar refractivity (Wildman–Crippen MR) is 41.4 cm³/mol. The summed E-state index contributed by atoms with van der Waals surface area (Å²) >= 11 is 0. The van der Waals surface area contributed by atoms with Gasteiger partial charge in [-0.15, -0.1) is 0 Å². The minimum absolute atomic E-state index is 0.0874. The van der Waals surface area contributed by atoms with E-state index in [9.17, 15) is 0 Å². The molecular formula is C8H15NO. The molecule has 0 aromatic heterocycles. The van der Waals surface area contributed by atoms with E-state index in [1.54, 1.807) is 0 Å². The molecule has 10 heavy (non-hydrogen) atoms. The van der Waals surface area contributed by atoms with Crippen molar-refractivity contribution in [2.45, 2.75) is 38.7 Å². The lowest BCUT2D eigenvalue weighted by Gasteiger charge is -2.24. The molecule has 1 aliphatic carbocycles. The van der Waals surface area contributed by atoms with Gasteiger partial charge in [0, 0.05) is 5.71 Å². The smallest absolute Gasteiger partial charge is 0.0540 e.